The highest BCUT2D eigenvalue weighted by molar-refractivity contribution is 5.79. The van der Waals surface area contributed by atoms with E-state index in [0.29, 0.717) is 36.0 Å². The van der Waals surface area contributed by atoms with Crippen LogP contribution in [0.3, 0.4) is 0 Å². The van der Waals surface area contributed by atoms with Crippen LogP contribution >= 0.6 is 0 Å². The first kappa shape index (κ1) is 23.8. The van der Waals surface area contributed by atoms with Crippen molar-refractivity contribution in [1.82, 2.24) is 5.32 Å². The van der Waals surface area contributed by atoms with Crippen molar-refractivity contribution in [1.29, 1.82) is 0 Å². The molecule has 2 rings (SSSR count). The van der Waals surface area contributed by atoms with Crippen LogP contribution in [0.25, 0.3) is 5.57 Å². The standard InChI is InChI=1S/C18H22F3N3O.C3H8/c1-12(14-3-5-15(6-4-14)18(19,20)21)11-17(23-13(2)22)24-16-7-9-25-10-8-16;1-3-2/h3-6,11,16,24H,1,7-10H2,2H3,(H2,22,23);3H2,1-2H3/b17-11+;. The van der Waals surface area contributed by atoms with Crippen molar-refractivity contribution in [3.63, 3.8) is 0 Å². The van der Waals surface area contributed by atoms with Crippen LogP contribution in [-0.2, 0) is 10.9 Å². The number of benzene rings is 1. The summed E-state index contributed by atoms with van der Waals surface area (Å²) in [5.74, 6) is 0.919. The van der Waals surface area contributed by atoms with E-state index >= 15 is 0 Å². The first-order valence-electron chi connectivity index (χ1n) is 9.40. The third-order valence-corrected chi connectivity index (χ3v) is 3.76. The van der Waals surface area contributed by atoms with Gasteiger partial charge in [-0.05, 0) is 49.1 Å². The Morgan fingerprint density at radius 3 is 2.25 bits per heavy atom. The van der Waals surface area contributed by atoms with Crippen LogP contribution in [0.2, 0.25) is 0 Å². The second-order valence-corrected chi connectivity index (χ2v) is 6.62. The van der Waals surface area contributed by atoms with Crippen molar-refractivity contribution in [2.45, 2.75) is 52.3 Å². The van der Waals surface area contributed by atoms with E-state index in [2.05, 4.69) is 30.7 Å². The predicted octanol–water partition coefficient (Wildman–Crippen LogP) is 5.12. The molecule has 1 fully saturated rings. The zero-order valence-corrected chi connectivity index (χ0v) is 16.8. The van der Waals surface area contributed by atoms with E-state index in [0.717, 1.165) is 25.0 Å². The van der Waals surface area contributed by atoms with E-state index in [1.807, 2.05) is 0 Å². The number of hydrogen-bond donors (Lipinski definition) is 2. The lowest BCUT2D eigenvalue weighted by Gasteiger charge is -2.24. The maximum atomic E-state index is 12.6. The van der Waals surface area contributed by atoms with Gasteiger partial charge in [-0.25, -0.2) is 4.99 Å². The molecule has 1 heterocycles. The first-order valence-corrected chi connectivity index (χ1v) is 9.40. The summed E-state index contributed by atoms with van der Waals surface area (Å²) in [5.41, 5.74) is 6.12. The summed E-state index contributed by atoms with van der Waals surface area (Å²) in [7, 11) is 0. The minimum Gasteiger partial charge on any atom is -0.387 e. The lowest BCUT2D eigenvalue weighted by molar-refractivity contribution is -0.137. The largest absolute Gasteiger partial charge is 0.416 e. The maximum absolute atomic E-state index is 12.6. The van der Waals surface area contributed by atoms with E-state index in [1.54, 1.807) is 13.0 Å². The van der Waals surface area contributed by atoms with Gasteiger partial charge in [0.2, 0.25) is 0 Å². The van der Waals surface area contributed by atoms with Crippen molar-refractivity contribution in [3.05, 3.63) is 53.9 Å². The molecular formula is C21H30F3N3O. The third kappa shape index (κ3) is 8.61. The summed E-state index contributed by atoms with van der Waals surface area (Å²) in [5, 5.41) is 3.30. The van der Waals surface area contributed by atoms with Crippen LogP contribution in [0.4, 0.5) is 13.2 Å². The minimum absolute atomic E-state index is 0.212. The zero-order chi connectivity index (χ0) is 21.2. The average Bonchev–Trinajstić information content (AvgIpc) is 2.62. The Balaban J connectivity index is 0.00000122. The highest BCUT2D eigenvalue weighted by Gasteiger charge is 2.29. The number of nitrogens with two attached hydrogens (primary N) is 1. The molecule has 1 aromatic carbocycles. The lowest BCUT2D eigenvalue weighted by Crippen LogP contribution is -2.34. The van der Waals surface area contributed by atoms with Gasteiger partial charge in [-0.2, -0.15) is 13.2 Å². The zero-order valence-electron chi connectivity index (χ0n) is 16.8. The molecule has 0 spiro atoms. The summed E-state index contributed by atoms with van der Waals surface area (Å²) in [4.78, 5) is 4.26. The third-order valence-electron chi connectivity index (χ3n) is 3.76. The summed E-state index contributed by atoms with van der Waals surface area (Å²) < 4.78 is 43.3. The molecule has 0 amide bonds. The molecule has 0 unspecified atom stereocenters. The van der Waals surface area contributed by atoms with Gasteiger partial charge in [0.1, 0.15) is 5.82 Å². The van der Waals surface area contributed by atoms with Gasteiger partial charge in [-0.15, -0.1) is 0 Å². The van der Waals surface area contributed by atoms with Gasteiger partial charge >= 0.3 is 6.18 Å². The number of halogens is 3. The fourth-order valence-corrected chi connectivity index (χ4v) is 2.47. The molecule has 156 valence electrons. The molecule has 3 N–H and O–H groups in total. The quantitative estimate of drug-likeness (QED) is 0.412. The molecule has 0 aliphatic carbocycles. The van der Waals surface area contributed by atoms with Gasteiger partial charge < -0.3 is 15.8 Å². The summed E-state index contributed by atoms with van der Waals surface area (Å²) in [6.07, 6.45) is 0.285. The van der Waals surface area contributed by atoms with Gasteiger partial charge in [-0.1, -0.05) is 39.0 Å². The number of nitrogens with zero attached hydrogens (tertiary/aromatic N) is 1. The Kier molecular flexibility index (Phi) is 9.79. The first-order chi connectivity index (χ1) is 13.2. The second kappa shape index (κ2) is 11.5. The lowest BCUT2D eigenvalue weighted by atomic mass is 10.0. The summed E-state index contributed by atoms with van der Waals surface area (Å²) >= 11 is 0. The van der Waals surface area contributed by atoms with E-state index in [-0.39, 0.29) is 6.04 Å². The fraction of sp³-hybridized carbons (Fsp3) is 0.476. The average molecular weight is 397 g/mol. The van der Waals surface area contributed by atoms with Crippen molar-refractivity contribution < 1.29 is 17.9 Å². The van der Waals surface area contributed by atoms with Crippen LogP contribution in [0.1, 0.15) is 51.2 Å². The molecule has 1 aliphatic heterocycles. The Morgan fingerprint density at radius 1 is 1.25 bits per heavy atom. The van der Waals surface area contributed by atoms with Gasteiger partial charge in [0, 0.05) is 19.3 Å². The number of aliphatic imine (C=N–C) groups is 1. The van der Waals surface area contributed by atoms with Crippen LogP contribution < -0.4 is 11.1 Å². The molecule has 0 bridgehead atoms. The number of rotatable bonds is 5. The Bertz CT molecular complexity index is 669. The van der Waals surface area contributed by atoms with Crippen molar-refractivity contribution >= 4 is 11.4 Å². The highest BCUT2D eigenvalue weighted by atomic mass is 19.4. The minimum atomic E-state index is -4.35. The van der Waals surface area contributed by atoms with Gasteiger partial charge in [0.15, 0.2) is 0 Å². The van der Waals surface area contributed by atoms with E-state index in [1.165, 1.54) is 18.6 Å². The molecule has 1 aromatic rings. The topological polar surface area (TPSA) is 59.6 Å². The van der Waals surface area contributed by atoms with Gasteiger partial charge in [0.05, 0.1) is 11.4 Å². The predicted molar refractivity (Wildman–Crippen MR) is 109 cm³/mol. The van der Waals surface area contributed by atoms with Crippen molar-refractivity contribution in [2.24, 2.45) is 10.7 Å². The molecule has 28 heavy (non-hydrogen) atoms. The number of allylic oxidation sites excluding steroid dienone is 2. The van der Waals surface area contributed by atoms with Gasteiger partial charge in [0.25, 0.3) is 0 Å². The summed E-state index contributed by atoms with van der Waals surface area (Å²) in [6.45, 7) is 11.2. The Labute approximate surface area is 165 Å². The van der Waals surface area contributed by atoms with Crippen LogP contribution in [0.15, 0.2) is 47.7 Å². The number of hydrogen-bond acceptors (Lipinski definition) is 3. The Hall–Kier alpha value is -2.28. The van der Waals surface area contributed by atoms with Crippen LogP contribution in [-0.4, -0.2) is 25.1 Å². The van der Waals surface area contributed by atoms with Crippen LogP contribution in [0.5, 0.6) is 0 Å². The van der Waals surface area contributed by atoms with Gasteiger partial charge in [-0.3, -0.25) is 0 Å². The molecule has 0 atom stereocenters. The smallest absolute Gasteiger partial charge is 0.387 e. The number of nitrogens with one attached hydrogen (secondary N) is 1. The number of amidine groups is 1. The van der Waals surface area contributed by atoms with Crippen molar-refractivity contribution in [3.8, 4) is 0 Å². The van der Waals surface area contributed by atoms with E-state index in [4.69, 9.17) is 10.5 Å². The fourth-order valence-electron chi connectivity index (χ4n) is 2.47. The molecule has 1 aliphatic rings. The molecule has 0 radical (unpaired) electrons. The Morgan fingerprint density at radius 2 is 1.79 bits per heavy atom. The molecule has 0 aromatic heterocycles. The SMILES string of the molecule is C=C(/C=C(\N=C(/C)N)NC1CCOCC1)c1ccc(C(F)(F)F)cc1.CCC. The maximum Gasteiger partial charge on any atom is 0.416 e. The monoisotopic (exact) mass is 397 g/mol. The van der Waals surface area contributed by atoms with Crippen LogP contribution in [0, 0.1) is 0 Å². The van der Waals surface area contributed by atoms with E-state index in [9.17, 15) is 13.2 Å². The molecule has 0 saturated carbocycles. The highest BCUT2D eigenvalue weighted by Crippen LogP contribution is 2.30. The number of alkyl halides is 3. The second-order valence-electron chi connectivity index (χ2n) is 6.62. The number of ether oxygens (including phenoxy) is 1. The molecule has 1 saturated heterocycles. The molecule has 7 heteroatoms. The molecular weight excluding hydrogens is 367 g/mol. The van der Waals surface area contributed by atoms with Crippen molar-refractivity contribution in [2.75, 3.05) is 13.2 Å². The summed E-state index contributed by atoms with van der Waals surface area (Å²) in [6, 6.07) is 5.08. The molecule has 4 nitrogen and oxygen atoms in total. The van der Waals surface area contributed by atoms with E-state index < -0.39 is 11.7 Å². The normalized spacial score (nSPS) is 16.2.